The van der Waals surface area contributed by atoms with Gasteiger partial charge in [-0.1, -0.05) is 24.2 Å². The monoisotopic (exact) mass is 489 g/mol. The Morgan fingerprint density at radius 2 is 2.21 bits per heavy atom. The molecule has 0 aromatic heterocycles. The number of hydrogen-bond acceptors (Lipinski definition) is 6. The maximum atomic E-state index is 15.9. The Morgan fingerprint density at radius 1 is 1.41 bits per heavy atom. The van der Waals surface area contributed by atoms with E-state index in [4.69, 9.17) is 21.1 Å². The van der Waals surface area contributed by atoms with Crippen LogP contribution in [0, 0.1) is 5.82 Å². The molecule has 2 heterocycles. The molecule has 0 unspecified atom stereocenters. The van der Waals surface area contributed by atoms with Crippen molar-refractivity contribution in [2.75, 3.05) is 53.5 Å². The molecule has 2 aliphatic heterocycles. The molecule has 2 aliphatic rings. The number of phenolic OH excluding ortho intramolecular Hbond substituents is 1. The Balaban J connectivity index is 1.75. The number of ether oxygens (including phenoxy) is 2. The van der Waals surface area contributed by atoms with Gasteiger partial charge < -0.3 is 24.4 Å². The van der Waals surface area contributed by atoms with Crippen LogP contribution in [0.1, 0.15) is 5.56 Å². The number of carbonyl (C=O) groups excluding carboxylic acids is 1. The van der Waals surface area contributed by atoms with E-state index in [-0.39, 0.29) is 46.2 Å². The van der Waals surface area contributed by atoms with Gasteiger partial charge in [-0.15, -0.1) is 0 Å². The van der Waals surface area contributed by atoms with E-state index in [2.05, 4.69) is 11.5 Å². The average Bonchev–Trinajstić information content (AvgIpc) is 3.00. The Kier molecular flexibility index (Phi) is 7.30. The van der Waals surface area contributed by atoms with E-state index < -0.39 is 5.82 Å². The number of amides is 1. The highest BCUT2D eigenvalue weighted by molar-refractivity contribution is 6.33. The molecule has 0 spiro atoms. The van der Waals surface area contributed by atoms with E-state index in [0.29, 0.717) is 50.6 Å². The molecule has 9 heteroatoms. The number of carbonyl (C=O) groups is 1. The second kappa shape index (κ2) is 10.2. The predicted molar refractivity (Wildman–Crippen MR) is 129 cm³/mol. The van der Waals surface area contributed by atoms with Gasteiger partial charge in [-0.05, 0) is 38.4 Å². The van der Waals surface area contributed by atoms with Gasteiger partial charge in [0.15, 0.2) is 11.6 Å². The number of halogens is 2. The minimum absolute atomic E-state index is 0.0904. The quantitative estimate of drug-likeness (QED) is 0.628. The largest absolute Gasteiger partial charge is 0.507 e. The van der Waals surface area contributed by atoms with Gasteiger partial charge in [-0.3, -0.25) is 9.69 Å². The lowest BCUT2D eigenvalue weighted by Crippen LogP contribution is -2.55. The van der Waals surface area contributed by atoms with Crippen molar-refractivity contribution in [3.63, 3.8) is 0 Å². The van der Waals surface area contributed by atoms with Crippen molar-refractivity contribution < 1.29 is 23.8 Å². The van der Waals surface area contributed by atoms with Crippen molar-refractivity contribution in [2.45, 2.75) is 12.6 Å². The van der Waals surface area contributed by atoms with E-state index in [1.54, 1.807) is 23.1 Å². The number of phenols is 1. The molecule has 0 aliphatic carbocycles. The highest BCUT2D eigenvalue weighted by atomic mass is 35.5. The summed E-state index contributed by atoms with van der Waals surface area (Å²) in [6.45, 7) is 6.91. The lowest BCUT2D eigenvalue weighted by molar-refractivity contribution is -0.129. The maximum Gasteiger partial charge on any atom is 0.246 e. The lowest BCUT2D eigenvalue weighted by atomic mass is 9.99. The van der Waals surface area contributed by atoms with Crippen LogP contribution in [0.15, 0.2) is 36.9 Å². The summed E-state index contributed by atoms with van der Waals surface area (Å²) in [5.41, 5.74) is 0.915. The molecule has 2 aromatic carbocycles. The van der Waals surface area contributed by atoms with Crippen LogP contribution in [0.25, 0.3) is 11.1 Å². The Labute approximate surface area is 203 Å². The summed E-state index contributed by atoms with van der Waals surface area (Å²) < 4.78 is 28.0. The van der Waals surface area contributed by atoms with E-state index in [9.17, 15) is 9.90 Å². The van der Waals surface area contributed by atoms with E-state index in [1.165, 1.54) is 12.1 Å². The number of rotatable bonds is 6. The van der Waals surface area contributed by atoms with Crippen molar-refractivity contribution in [3.05, 3.63) is 53.3 Å². The number of aromatic hydroxyl groups is 1. The summed E-state index contributed by atoms with van der Waals surface area (Å²) in [7, 11) is 3.89. The molecular weight excluding hydrogens is 461 g/mol. The fourth-order valence-electron chi connectivity index (χ4n) is 4.35. The smallest absolute Gasteiger partial charge is 0.246 e. The van der Waals surface area contributed by atoms with Crippen LogP contribution >= 0.6 is 11.6 Å². The molecule has 0 radical (unpaired) electrons. The minimum atomic E-state index is -0.600. The molecule has 34 heavy (non-hydrogen) atoms. The van der Waals surface area contributed by atoms with Crippen LogP contribution in [0.5, 0.6) is 17.2 Å². The third-order valence-corrected chi connectivity index (χ3v) is 6.53. The van der Waals surface area contributed by atoms with Crippen molar-refractivity contribution in [3.8, 4) is 28.4 Å². The molecule has 0 saturated carbocycles. The molecule has 1 atom stereocenters. The van der Waals surface area contributed by atoms with Gasteiger partial charge in [0.2, 0.25) is 5.91 Å². The number of benzene rings is 2. The molecule has 182 valence electrons. The van der Waals surface area contributed by atoms with E-state index in [0.717, 1.165) is 0 Å². The molecule has 2 aromatic rings. The van der Waals surface area contributed by atoms with Crippen LogP contribution < -0.4 is 9.47 Å². The fourth-order valence-corrected chi connectivity index (χ4v) is 4.62. The molecule has 1 fully saturated rings. The molecule has 1 saturated heterocycles. The van der Waals surface area contributed by atoms with E-state index >= 15 is 4.39 Å². The van der Waals surface area contributed by atoms with Gasteiger partial charge in [0.25, 0.3) is 0 Å². The van der Waals surface area contributed by atoms with Crippen molar-refractivity contribution >= 4 is 17.5 Å². The standard InChI is InChI=1S/C25H29ClFN3O4/c1-4-22(32)30-9-8-29-14-18-21(33-11-10-28(2)3)12-17(23-19(26)6-5-7-20(23)31)24(27)25(18)34-15-16(29)13-30/h4-7,12,16,31H,1,8-11,13-15H2,2-3H3/t16-/m1/s1. The fraction of sp³-hybridized carbons (Fsp3) is 0.400. The number of piperazine rings is 1. The summed E-state index contributed by atoms with van der Waals surface area (Å²) in [6, 6.07) is 6.15. The lowest BCUT2D eigenvalue weighted by Gasteiger charge is -2.39. The second-order valence-corrected chi connectivity index (χ2v) is 9.16. The third-order valence-electron chi connectivity index (χ3n) is 6.21. The first-order valence-electron chi connectivity index (χ1n) is 11.2. The van der Waals surface area contributed by atoms with Crippen LogP contribution in [-0.2, 0) is 11.3 Å². The van der Waals surface area contributed by atoms with Gasteiger partial charge in [-0.2, -0.15) is 0 Å². The van der Waals surface area contributed by atoms with Crippen LogP contribution in [0.2, 0.25) is 5.02 Å². The summed E-state index contributed by atoms with van der Waals surface area (Å²) in [4.78, 5) is 18.0. The van der Waals surface area contributed by atoms with Gasteiger partial charge in [0.1, 0.15) is 24.7 Å². The Hall–Kier alpha value is -2.81. The number of hydrogen-bond donors (Lipinski definition) is 1. The zero-order valence-corrected chi connectivity index (χ0v) is 20.1. The zero-order chi connectivity index (χ0) is 24.4. The molecule has 1 N–H and O–H groups in total. The maximum absolute atomic E-state index is 15.9. The second-order valence-electron chi connectivity index (χ2n) is 8.75. The normalized spacial score (nSPS) is 18.0. The molecule has 1 amide bonds. The summed E-state index contributed by atoms with van der Waals surface area (Å²) >= 11 is 6.34. The minimum Gasteiger partial charge on any atom is -0.507 e. The van der Waals surface area contributed by atoms with Crippen LogP contribution in [-0.4, -0.2) is 85.2 Å². The topological polar surface area (TPSA) is 65.5 Å². The van der Waals surface area contributed by atoms with Crippen LogP contribution in [0.4, 0.5) is 4.39 Å². The number of likely N-dealkylation sites (N-methyl/N-ethyl adjacent to an activating group) is 1. The molecule has 7 nitrogen and oxygen atoms in total. The van der Waals surface area contributed by atoms with Gasteiger partial charge >= 0.3 is 0 Å². The van der Waals surface area contributed by atoms with Gasteiger partial charge in [0.05, 0.1) is 16.6 Å². The Bertz CT molecular complexity index is 1070. The molecular formula is C25H29ClFN3O4. The highest BCUT2D eigenvalue weighted by Gasteiger charge is 2.35. The van der Waals surface area contributed by atoms with Crippen LogP contribution in [0.3, 0.4) is 0 Å². The van der Waals surface area contributed by atoms with Crippen molar-refractivity contribution in [2.24, 2.45) is 0 Å². The first-order valence-corrected chi connectivity index (χ1v) is 11.6. The SMILES string of the molecule is C=CC(=O)N1CCN2Cc3c(OCCN(C)C)cc(-c4c(O)cccc4Cl)c(F)c3OC[C@H]2C1. The summed E-state index contributed by atoms with van der Waals surface area (Å²) in [5, 5.41) is 10.7. The predicted octanol–water partition coefficient (Wildman–Crippen LogP) is 3.38. The van der Waals surface area contributed by atoms with Gasteiger partial charge in [-0.25, -0.2) is 4.39 Å². The summed E-state index contributed by atoms with van der Waals surface area (Å²) in [5.74, 6) is -0.283. The van der Waals surface area contributed by atoms with E-state index in [1.807, 2.05) is 19.0 Å². The number of fused-ring (bicyclic) bond motifs is 2. The van der Waals surface area contributed by atoms with Gasteiger partial charge in [0, 0.05) is 43.9 Å². The summed E-state index contributed by atoms with van der Waals surface area (Å²) in [6.07, 6.45) is 1.31. The van der Waals surface area contributed by atoms with Crippen molar-refractivity contribution in [1.82, 2.24) is 14.7 Å². The van der Waals surface area contributed by atoms with Crippen molar-refractivity contribution in [1.29, 1.82) is 0 Å². The Morgan fingerprint density at radius 3 is 2.91 bits per heavy atom. The molecule has 4 rings (SSSR count). The first-order chi connectivity index (χ1) is 16.3. The third kappa shape index (κ3) is 4.85. The number of nitrogens with zero attached hydrogens (tertiary/aromatic N) is 3. The zero-order valence-electron chi connectivity index (χ0n) is 19.4. The highest BCUT2D eigenvalue weighted by Crippen LogP contribution is 2.45. The average molecular weight is 490 g/mol. The first kappa shape index (κ1) is 24.3. The molecule has 0 bridgehead atoms.